The van der Waals surface area contributed by atoms with Gasteiger partial charge in [0.1, 0.15) is 0 Å². The van der Waals surface area contributed by atoms with Gasteiger partial charge in [-0.3, -0.25) is 0 Å². The van der Waals surface area contributed by atoms with E-state index in [1.165, 1.54) is 19.3 Å². The van der Waals surface area contributed by atoms with E-state index in [1.807, 2.05) is 11.8 Å². The van der Waals surface area contributed by atoms with Crippen molar-refractivity contribution in [3.63, 3.8) is 0 Å². The lowest BCUT2D eigenvalue weighted by Gasteiger charge is -2.23. The van der Waals surface area contributed by atoms with Crippen LogP contribution in [0, 0.1) is 5.92 Å². The predicted octanol–water partition coefficient (Wildman–Crippen LogP) is 2.02. The SMILES string of the molecule is CCOC(=O)N1CCCC1C1CC1. The zero-order valence-corrected chi connectivity index (χ0v) is 8.16. The van der Waals surface area contributed by atoms with Crippen LogP contribution in [0.5, 0.6) is 0 Å². The number of rotatable bonds is 2. The summed E-state index contributed by atoms with van der Waals surface area (Å²) in [7, 11) is 0. The summed E-state index contributed by atoms with van der Waals surface area (Å²) >= 11 is 0. The Hall–Kier alpha value is -0.730. The molecule has 2 fully saturated rings. The van der Waals surface area contributed by atoms with E-state index in [0.29, 0.717) is 12.6 Å². The van der Waals surface area contributed by atoms with Gasteiger partial charge in [-0.15, -0.1) is 0 Å². The molecular weight excluding hydrogens is 166 g/mol. The van der Waals surface area contributed by atoms with Crippen LogP contribution in [0.25, 0.3) is 0 Å². The average Bonchev–Trinajstić information content (AvgIpc) is 2.84. The highest BCUT2D eigenvalue weighted by molar-refractivity contribution is 5.68. The molecule has 1 saturated carbocycles. The molecule has 1 saturated heterocycles. The monoisotopic (exact) mass is 183 g/mol. The predicted molar refractivity (Wildman–Crippen MR) is 49.5 cm³/mol. The molecular formula is C10H17NO2. The minimum atomic E-state index is -0.100. The first-order chi connectivity index (χ1) is 6.33. The molecule has 1 heterocycles. The van der Waals surface area contributed by atoms with E-state index in [0.717, 1.165) is 18.9 Å². The van der Waals surface area contributed by atoms with E-state index in [-0.39, 0.29) is 6.09 Å². The number of nitrogens with zero attached hydrogens (tertiary/aromatic N) is 1. The number of carbonyl (C=O) groups is 1. The lowest BCUT2D eigenvalue weighted by Crippen LogP contribution is -2.37. The van der Waals surface area contributed by atoms with Crippen molar-refractivity contribution in [2.45, 2.75) is 38.6 Å². The third-order valence-corrected chi connectivity index (χ3v) is 2.97. The van der Waals surface area contributed by atoms with Gasteiger partial charge in [-0.25, -0.2) is 4.79 Å². The molecule has 1 unspecified atom stereocenters. The Kier molecular flexibility index (Phi) is 2.42. The zero-order chi connectivity index (χ0) is 9.26. The van der Waals surface area contributed by atoms with Crippen LogP contribution in [-0.2, 0) is 4.74 Å². The number of carbonyl (C=O) groups excluding carboxylic acids is 1. The Morgan fingerprint density at radius 3 is 2.85 bits per heavy atom. The van der Waals surface area contributed by atoms with Crippen LogP contribution in [0.1, 0.15) is 32.6 Å². The third kappa shape index (κ3) is 1.79. The van der Waals surface area contributed by atoms with Crippen molar-refractivity contribution in [1.82, 2.24) is 4.90 Å². The lowest BCUT2D eigenvalue weighted by molar-refractivity contribution is 0.0992. The summed E-state index contributed by atoms with van der Waals surface area (Å²) in [4.78, 5) is 13.4. The molecule has 0 spiro atoms. The quantitative estimate of drug-likeness (QED) is 0.655. The minimum Gasteiger partial charge on any atom is -0.450 e. The minimum absolute atomic E-state index is 0.100. The van der Waals surface area contributed by atoms with Gasteiger partial charge >= 0.3 is 6.09 Å². The molecule has 0 N–H and O–H groups in total. The van der Waals surface area contributed by atoms with Gasteiger partial charge in [-0.05, 0) is 38.5 Å². The molecule has 1 amide bonds. The van der Waals surface area contributed by atoms with Crippen molar-refractivity contribution in [3.05, 3.63) is 0 Å². The first-order valence-corrected chi connectivity index (χ1v) is 5.26. The summed E-state index contributed by atoms with van der Waals surface area (Å²) in [5, 5.41) is 0. The second-order valence-corrected chi connectivity index (χ2v) is 3.94. The Morgan fingerprint density at radius 1 is 1.46 bits per heavy atom. The normalized spacial score (nSPS) is 27.8. The number of amides is 1. The molecule has 1 aliphatic carbocycles. The van der Waals surface area contributed by atoms with Crippen LogP contribution in [-0.4, -0.2) is 30.2 Å². The maximum absolute atomic E-state index is 11.5. The van der Waals surface area contributed by atoms with Crippen molar-refractivity contribution >= 4 is 6.09 Å². The molecule has 3 heteroatoms. The van der Waals surface area contributed by atoms with E-state index in [4.69, 9.17) is 4.74 Å². The van der Waals surface area contributed by atoms with Gasteiger partial charge in [0.05, 0.1) is 6.61 Å². The van der Waals surface area contributed by atoms with Crippen molar-refractivity contribution in [2.75, 3.05) is 13.2 Å². The Bertz CT molecular complexity index is 201. The number of likely N-dealkylation sites (tertiary alicyclic amines) is 1. The van der Waals surface area contributed by atoms with Crippen LogP contribution in [0.15, 0.2) is 0 Å². The number of ether oxygens (including phenoxy) is 1. The fourth-order valence-electron chi connectivity index (χ4n) is 2.20. The highest BCUT2D eigenvalue weighted by atomic mass is 16.6. The Labute approximate surface area is 79.0 Å². The largest absolute Gasteiger partial charge is 0.450 e. The fraction of sp³-hybridized carbons (Fsp3) is 0.900. The summed E-state index contributed by atoms with van der Waals surface area (Å²) in [5.74, 6) is 0.784. The van der Waals surface area contributed by atoms with Crippen molar-refractivity contribution in [3.8, 4) is 0 Å². The summed E-state index contributed by atoms with van der Waals surface area (Å²) in [6.45, 7) is 3.26. The molecule has 0 aromatic heterocycles. The van der Waals surface area contributed by atoms with Crippen LogP contribution in [0.4, 0.5) is 4.79 Å². The third-order valence-electron chi connectivity index (χ3n) is 2.97. The van der Waals surface area contributed by atoms with E-state index in [2.05, 4.69) is 0 Å². The standard InChI is InChI=1S/C10H17NO2/c1-2-13-10(12)11-7-3-4-9(11)8-5-6-8/h8-9H,2-7H2,1H3. The first-order valence-electron chi connectivity index (χ1n) is 5.26. The zero-order valence-electron chi connectivity index (χ0n) is 8.16. The van der Waals surface area contributed by atoms with E-state index in [1.54, 1.807) is 0 Å². The van der Waals surface area contributed by atoms with Gasteiger partial charge in [0.25, 0.3) is 0 Å². The summed E-state index contributed by atoms with van der Waals surface area (Å²) in [6, 6.07) is 0.499. The van der Waals surface area contributed by atoms with Gasteiger partial charge in [0.2, 0.25) is 0 Å². The molecule has 0 aromatic rings. The maximum atomic E-state index is 11.5. The highest BCUT2D eigenvalue weighted by Gasteiger charge is 2.40. The van der Waals surface area contributed by atoms with Crippen molar-refractivity contribution < 1.29 is 9.53 Å². The topological polar surface area (TPSA) is 29.5 Å². The van der Waals surface area contributed by atoms with Crippen molar-refractivity contribution in [2.24, 2.45) is 5.92 Å². The lowest BCUT2D eigenvalue weighted by atomic mass is 10.1. The second kappa shape index (κ2) is 3.56. The Morgan fingerprint density at radius 2 is 2.23 bits per heavy atom. The average molecular weight is 183 g/mol. The molecule has 13 heavy (non-hydrogen) atoms. The number of hydrogen-bond donors (Lipinski definition) is 0. The molecule has 1 aliphatic heterocycles. The first kappa shape index (κ1) is 8.85. The Balaban J connectivity index is 1.92. The fourth-order valence-corrected chi connectivity index (χ4v) is 2.20. The molecule has 74 valence electrons. The second-order valence-electron chi connectivity index (χ2n) is 3.94. The van der Waals surface area contributed by atoms with Crippen LogP contribution < -0.4 is 0 Å². The van der Waals surface area contributed by atoms with Gasteiger partial charge in [0, 0.05) is 12.6 Å². The van der Waals surface area contributed by atoms with Crippen LogP contribution in [0.3, 0.4) is 0 Å². The smallest absolute Gasteiger partial charge is 0.410 e. The summed E-state index contributed by atoms with van der Waals surface area (Å²) < 4.78 is 5.02. The van der Waals surface area contributed by atoms with Gasteiger partial charge < -0.3 is 9.64 Å². The molecule has 2 rings (SSSR count). The van der Waals surface area contributed by atoms with Crippen LogP contribution in [0.2, 0.25) is 0 Å². The van der Waals surface area contributed by atoms with E-state index in [9.17, 15) is 4.79 Å². The van der Waals surface area contributed by atoms with Crippen LogP contribution >= 0.6 is 0 Å². The number of hydrogen-bond acceptors (Lipinski definition) is 2. The molecule has 2 aliphatic rings. The van der Waals surface area contributed by atoms with E-state index < -0.39 is 0 Å². The molecule has 3 nitrogen and oxygen atoms in total. The van der Waals surface area contributed by atoms with E-state index >= 15 is 0 Å². The molecule has 0 aromatic carbocycles. The summed E-state index contributed by atoms with van der Waals surface area (Å²) in [5.41, 5.74) is 0. The van der Waals surface area contributed by atoms with Crippen molar-refractivity contribution in [1.29, 1.82) is 0 Å². The molecule has 1 atom stereocenters. The van der Waals surface area contributed by atoms with Gasteiger partial charge in [-0.1, -0.05) is 0 Å². The maximum Gasteiger partial charge on any atom is 0.410 e. The van der Waals surface area contributed by atoms with Gasteiger partial charge in [-0.2, -0.15) is 0 Å². The molecule has 0 radical (unpaired) electrons. The highest BCUT2D eigenvalue weighted by Crippen LogP contribution is 2.40. The van der Waals surface area contributed by atoms with Gasteiger partial charge in [0.15, 0.2) is 0 Å². The summed E-state index contributed by atoms with van der Waals surface area (Å²) in [6.07, 6.45) is 4.85. The molecule has 0 bridgehead atoms.